The number of benzene rings is 2. The van der Waals surface area contributed by atoms with E-state index < -0.39 is 6.10 Å². The van der Waals surface area contributed by atoms with Gasteiger partial charge in [-0.3, -0.25) is 0 Å². The minimum atomic E-state index is -0.519. The molecule has 1 atom stereocenters. The summed E-state index contributed by atoms with van der Waals surface area (Å²) in [6.45, 7) is 6.13. The second-order valence-electron chi connectivity index (χ2n) is 7.53. The molecule has 3 rings (SSSR count). The number of nitrogens with one attached hydrogen (secondary N) is 1. The largest absolute Gasteiger partial charge is 0.489 e. The molecule has 1 unspecified atom stereocenters. The molecule has 0 amide bonds. The van der Waals surface area contributed by atoms with Crippen LogP contribution in [-0.2, 0) is 6.42 Å². The van der Waals surface area contributed by atoms with Gasteiger partial charge in [0, 0.05) is 6.54 Å². The van der Waals surface area contributed by atoms with Gasteiger partial charge in [-0.2, -0.15) is 0 Å². The van der Waals surface area contributed by atoms with Gasteiger partial charge in [-0.05, 0) is 74.1 Å². The average Bonchev–Trinajstić information content (AvgIpc) is 2.71. The van der Waals surface area contributed by atoms with E-state index >= 15 is 0 Å². The predicted molar refractivity (Wildman–Crippen MR) is 116 cm³/mol. The van der Waals surface area contributed by atoms with Gasteiger partial charge in [0.15, 0.2) is 0 Å². The second-order valence-corrected chi connectivity index (χ2v) is 7.53. The van der Waals surface area contributed by atoms with E-state index in [9.17, 15) is 5.11 Å². The summed E-state index contributed by atoms with van der Waals surface area (Å²) in [5.41, 5.74) is 5.81. The minimum absolute atomic E-state index is 0.519. The summed E-state index contributed by atoms with van der Waals surface area (Å²) in [6.07, 6.45) is 9.22. The third-order valence-electron chi connectivity index (χ3n) is 5.06. The maximum atomic E-state index is 10.5. The van der Waals surface area contributed by atoms with E-state index in [1.165, 1.54) is 16.7 Å². The number of ether oxygens (including phenoxy) is 1. The van der Waals surface area contributed by atoms with E-state index in [4.69, 9.17) is 4.74 Å². The van der Waals surface area contributed by atoms with Crippen molar-refractivity contribution >= 4 is 0 Å². The Balaban J connectivity index is 1.45. The molecule has 0 aliphatic heterocycles. The standard InChI is InChI=1S/C25H31NO2/c1-19-7-6-10-21(15-19)13-14-26-17-24(27)23-11-12-25(20(2)16-23)28-18-22-8-4-3-5-9-22/h4,6-12,15-16,24,26-27H,3,5,13-14,17-18H2,1-2H3. The smallest absolute Gasteiger partial charge is 0.122 e. The zero-order valence-corrected chi connectivity index (χ0v) is 16.9. The molecule has 2 N–H and O–H groups in total. The summed E-state index contributed by atoms with van der Waals surface area (Å²) in [6, 6.07) is 14.5. The van der Waals surface area contributed by atoms with E-state index in [0.29, 0.717) is 13.2 Å². The Bertz CT molecular complexity index is 838. The molecule has 0 aromatic heterocycles. The molecule has 148 valence electrons. The first-order chi connectivity index (χ1) is 13.6. The number of allylic oxidation sites excluding steroid dienone is 2. The van der Waals surface area contributed by atoms with Crippen LogP contribution < -0.4 is 10.1 Å². The number of aryl methyl sites for hydroxylation is 2. The Morgan fingerprint density at radius 1 is 1.11 bits per heavy atom. The first-order valence-corrected chi connectivity index (χ1v) is 10.1. The lowest BCUT2D eigenvalue weighted by molar-refractivity contribution is 0.175. The molecule has 1 aliphatic rings. The van der Waals surface area contributed by atoms with Gasteiger partial charge in [-0.15, -0.1) is 0 Å². The van der Waals surface area contributed by atoms with Gasteiger partial charge in [-0.25, -0.2) is 0 Å². The van der Waals surface area contributed by atoms with Crippen molar-refractivity contribution in [2.45, 2.75) is 39.2 Å². The zero-order valence-electron chi connectivity index (χ0n) is 16.9. The van der Waals surface area contributed by atoms with Gasteiger partial charge in [0.05, 0.1) is 6.10 Å². The Labute approximate surface area is 168 Å². The molecule has 28 heavy (non-hydrogen) atoms. The van der Waals surface area contributed by atoms with Crippen LogP contribution in [0.15, 0.2) is 66.3 Å². The molecule has 1 aliphatic carbocycles. The van der Waals surface area contributed by atoms with Gasteiger partial charge in [0.2, 0.25) is 0 Å². The molecule has 0 heterocycles. The summed E-state index contributed by atoms with van der Waals surface area (Å²) in [5, 5.41) is 13.8. The minimum Gasteiger partial charge on any atom is -0.489 e. The molecule has 0 saturated heterocycles. The maximum absolute atomic E-state index is 10.5. The lowest BCUT2D eigenvalue weighted by atomic mass is 10.1. The van der Waals surface area contributed by atoms with Gasteiger partial charge in [0.25, 0.3) is 0 Å². The average molecular weight is 378 g/mol. The Morgan fingerprint density at radius 3 is 2.75 bits per heavy atom. The highest BCUT2D eigenvalue weighted by molar-refractivity contribution is 5.38. The summed E-state index contributed by atoms with van der Waals surface area (Å²) in [7, 11) is 0. The third-order valence-corrected chi connectivity index (χ3v) is 5.06. The number of aliphatic hydroxyl groups excluding tert-OH is 1. The quantitative estimate of drug-likeness (QED) is 0.615. The molecule has 0 saturated carbocycles. The number of hydrogen-bond acceptors (Lipinski definition) is 3. The Morgan fingerprint density at radius 2 is 2.00 bits per heavy atom. The SMILES string of the molecule is Cc1cccc(CCNCC(O)c2ccc(OCC3=CCCC=C3)c(C)c2)c1. The van der Waals surface area contributed by atoms with Crippen molar-refractivity contribution in [1.82, 2.24) is 5.32 Å². The highest BCUT2D eigenvalue weighted by atomic mass is 16.5. The van der Waals surface area contributed by atoms with Gasteiger partial charge >= 0.3 is 0 Å². The molecule has 2 aromatic rings. The van der Waals surface area contributed by atoms with Crippen LogP contribution in [0, 0.1) is 13.8 Å². The van der Waals surface area contributed by atoms with Crippen LogP contribution in [0.4, 0.5) is 0 Å². The van der Waals surface area contributed by atoms with Crippen molar-refractivity contribution in [3.8, 4) is 5.75 Å². The fourth-order valence-electron chi connectivity index (χ4n) is 3.43. The Hall–Kier alpha value is -2.36. The van der Waals surface area contributed by atoms with Gasteiger partial charge in [0.1, 0.15) is 12.4 Å². The van der Waals surface area contributed by atoms with Crippen LogP contribution in [0.3, 0.4) is 0 Å². The highest BCUT2D eigenvalue weighted by Crippen LogP contribution is 2.23. The Kier molecular flexibility index (Phi) is 7.46. The molecule has 3 heteroatoms. The van der Waals surface area contributed by atoms with Crippen LogP contribution in [0.25, 0.3) is 0 Å². The molecule has 2 aromatic carbocycles. The van der Waals surface area contributed by atoms with Crippen LogP contribution in [-0.4, -0.2) is 24.8 Å². The van der Waals surface area contributed by atoms with Crippen LogP contribution in [0.2, 0.25) is 0 Å². The topological polar surface area (TPSA) is 41.5 Å². The van der Waals surface area contributed by atoms with Gasteiger partial charge < -0.3 is 15.2 Å². The summed E-state index contributed by atoms with van der Waals surface area (Å²) in [5.74, 6) is 0.878. The molecule has 0 bridgehead atoms. The van der Waals surface area contributed by atoms with Crippen molar-refractivity contribution in [2.24, 2.45) is 0 Å². The van der Waals surface area contributed by atoms with Crippen molar-refractivity contribution in [3.63, 3.8) is 0 Å². The molecule has 3 nitrogen and oxygen atoms in total. The normalized spacial score (nSPS) is 14.6. The lowest BCUT2D eigenvalue weighted by Gasteiger charge is -2.16. The molecule has 0 fully saturated rings. The summed E-state index contributed by atoms with van der Waals surface area (Å²) in [4.78, 5) is 0. The summed E-state index contributed by atoms with van der Waals surface area (Å²) < 4.78 is 5.95. The van der Waals surface area contributed by atoms with Gasteiger partial charge in [-0.1, -0.05) is 54.1 Å². The van der Waals surface area contributed by atoms with E-state index in [2.05, 4.69) is 54.7 Å². The number of aliphatic hydroxyl groups is 1. The lowest BCUT2D eigenvalue weighted by Crippen LogP contribution is -2.23. The number of hydrogen-bond donors (Lipinski definition) is 2. The fraction of sp³-hybridized carbons (Fsp3) is 0.360. The van der Waals surface area contributed by atoms with Crippen molar-refractivity contribution < 1.29 is 9.84 Å². The van der Waals surface area contributed by atoms with E-state index in [0.717, 1.165) is 42.7 Å². The van der Waals surface area contributed by atoms with Crippen molar-refractivity contribution in [2.75, 3.05) is 19.7 Å². The van der Waals surface area contributed by atoms with Crippen molar-refractivity contribution in [3.05, 3.63) is 88.5 Å². The van der Waals surface area contributed by atoms with E-state index in [1.807, 2.05) is 25.1 Å². The predicted octanol–water partition coefficient (Wildman–Crippen LogP) is 4.82. The van der Waals surface area contributed by atoms with Crippen LogP contribution in [0.1, 0.15) is 41.2 Å². The molecule has 0 spiro atoms. The van der Waals surface area contributed by atoms with Crippen LogP contribution >= 0.6 is 0 Å². The molecular weight excluding hydrogens is 346 g/mol. The van der Waals surface area contributed by atoms with E-state index in [1.54, 1.807) is 0 Å². The van der Waals surface area contributed by atoms with E-state index in [-0.39, 0.29) is 0 Å². The molecule has 0 radical (unpaired) electrons. The molecular formula is C25H31NO2. The first-order valence-electron chi connectivity index (χ1n) is 10.1. The third kappa shape index (κ3) is 6.08. The zero-order chi connectivity index (χ0) is 19.8. The fourth-order valence-corrected chi connectivity index (χ4v) is 3.43. The highest BCUT2D eigenvalue weighted by Gasteiger charge is 2.10. The van der Waals surface area contributed by atoms with Crippen LogP contribution in [0.5, 0.6) is 5.75 Å². The maximum Gasteiger partial charge on any atom is 0.122 e. The second kappa shape index (κ2) is 10.3. The van der Waals surface area contributed by atoms with Crippen molar-refractivity contribution in [1.29, 1.82) is 0 Å². The monoisotopic (exact) mass is 377 g/mol. The summed E-state index contributed by atoms with van der Waals surface area (Å²) >= 11 is 0. The first kappa shape index (κ1) is 20.4. The number of rotatable bonds is 9.